The van der Waals surface area contributed by atoms with E-state index < -0.39 is 24.3 Å². The first-order chi connectivity index (χ1) is 21.0. The van der Waals surface area contributed by atoms with Gasteiger partial charge in [-0.2, -0.15) is 13.2 Å². The fourth-order valence-corrected chi connectivity index (χ4v) is 5.61. The summed E-state index contributed by atoms with van der Waals surface area (Å²) in [5, 5.41) is 20.8. The molecule has 2 aromatic heterocycles. The lowest BCUT2D eigenvalue weighted by Gasteiger charge is -2.39. The van der Waals surface area contributed by atoms with Crippen molar-refractivity contribution in [3.05, 3.63) is 95.2 Å². The second-order valence-corrected chi connectivity index (χ2v) is 10.8. The van der Waals surface area contributed by atoms with Crippen LogP contribution in [0.1, 0.15) is 29.5 Å². The van der Waals surface area contributed by atoms with Crippen LogP contribution in [-0.2, 0) is 23.4 Å². The first kappa shape index (κ1) is 30.8. The van der Waals surface area contributed by atoms with E-state index in [9.17, 15) is 23.1 Å². The van der Waals surface area contributed by atoms with Gasteiger partial charge in [0.15, 0.2) is 17.2 Å². The summed E-state index contributed by atoms with van der Waals surface area (Å²) in [5.74, 6) is -0.173. The van der Waals surface area contributed by atoms with Crippen molar-refractivity contribution < 1.29 is 37.7 Å². The molecule has 0 bridgehead atoms. The molecule has 2 aromatic carbocycles. The highest BCUT2D eigenvalue weighted by Gasteiger charge is 2.57. The molecule has 1 unspecified atom stereocenters. The minimum absolute atomic E-state index is 0.166. The number of likely N-dealkylation sites (tertiary alicyclic amines) is 1. The van der Waals surface area contributed by atoms with E-state index in [0.717, 1.165) is 5.56 Å². The van der Waals surface area contributed by atoms with Crippen molar-refractivity contribution in [3.63, 3.8) is 0 Å². The van der Waals surface area contributed by atoms with E-state index in [0.29, 0.717) is 35.4 Å². The van der Waals surface area contributed by atoms with E-state index in [1.807, 2.05) is 0 Å². The fraction of sp³-hybridized carbons (Fsp3) is 0.344. The molecule has 3 heterocycles. The Morgan fingerprint density at radius 3 is 2.43 bits per heavy atom. The number of halogens is 3. The van der Waals surface area contributed by atoms with Crippen molar-refractivity contribution in [2.24, 2.45) is 0 Å². The normalized spacial score (nSPS) is 15.9. The number of β-amino-alcohol motifs (C(OH)–C–C–N with tert-alkyl or cyclic N) is 1. The average molecular weight is 609 g/mol. The first-order valence-electron chi connectivity index (χ1n) is 14.0. The number of hydrogen-bond donors (Lipinski definition) is 2. The lowest BCUT2D eigenvalue weighted by Crippen LogP contribution is -2.53. The first-order valence-corrected chi connectivity index (χ1v) is 14.0. The number of methoxy groups -OCH3 is 1. The van der Waals surface area contributed by atoms with Crippen LogP contribution in [0.15, 0.2) is 67.1 Å². The molecule has 9 nitrogen and oxygen atoms in total. The molecule has 0 aliphatic carbocycles. The number of carboxylic acid groups (broad SMARTS) is 1. The zero-order chi connectivity index (χ0) is 31.5. The Labute approximate surface area is 251 Å². The van der Waals surface area contributed by atoms with Gasteiger partial charge in [0.05, 0.1) is 20.1 Å². The third kappa shape index (κ3) is 6.49. The van der Waals surface area contributed by atoms with Crippen LogP contribution in [0.3, 0.4) is 0 Å². The number of aromatic nitrogens is 2. The van der Waals surface area contributed by atoms with Crippen LogP contribution in [0, 0.1) is 6.57 Å². The number of pyridine rings is 1. The highest BCUT2D eigenvalue weighted by atomic mass is 19.4. The largest absolute Gasteiger partial charge is 0.493 e. The third-order valence-electron chi connectivity index (χ3n) is 7.88. The highest BCUT2D eigenvalue weighted by molar-refractivity contribution is 5.88. The fourth-order valence-electron chi connectivity index (χ4n) is 5.61. The van der Waals surface area contributed by atoms with E-state index in [-0.39, 0.29) is 48.8 Å². The average Bonchev–Trinajstić information content (AvgIpc) is 3.36. The van der Waals surface area contributed by atoms with Crippen molar-refractivity contribution >= 4 is 22.6 Å². The van der Waals surface area contributed by atoms with Gasteiger partial charge in [-0.25, -0.2) is 4.85 Å². The predicted octanol–water partition coefficient (Wildman–Crippen LogP) is 5.56. The maximum absolute atomic E-state index is 14.8. The maximum Gasteiger partial charge on any atom is 0.422 e. The Hall–Kier alpha value is -4.60. The Morgan fingerprint density at radius 1 is 1.07 bits per heavy atom. The summed E-state index contributed by atoms with van der Waals surface area (Å²) >= 11 is 0. The molecular weight excluding hydrogens is 577 g/mol. The lowest BCUT2D eigenvalue weighted by molar-refractivity contribution is -0.272. The van der Waals surface area contributed by atoms with Gasteiger partial charge in [0.1, 0.15) is 6.10 Å². The molecule has 0 spiro atoms. The van der Waals surface area contributed by atoms with Gasteiger partial charge in [-0.05, 0) is 54.3 Å². The van der Waals surface area contributed by atoms with E-state index in [1.54, 1.807) is 52.2 Å². The van der Waals surface area contributed by atoms with E-state index in [2.05, 4.69) is 9.83 Å². The van der Waals surface area contributed by atoms with Gasteiger partial charge in [-0.15, -0.1) is 0 Å². The summed E-state index contributed by atoms with van der Waals surface area (Å²) in [7, 11) is 1.45. The number of ether oxygens (including phenoxy) is 2. The number of nitrogens with zero attached hydrogens (tertiary/aromatic N) is 4. The molecule has 12 heteroatoms. The van der Waals surface area contributed by atoms with E-state index >= 15 is 0 Å². The summed E-state index contributed by atoms with van der Waals surface area (Å²) in [6.07, 6.45) is -0.119. The lowest BCUT2D eigenvalue weighted by atomic mass is 9.91. The standard InChI is InChI=1S/C32H31F3N4O5/c1-36-23-4-5-25-26(19-39(27(25)17-23)18-21-7-11-37-12-8-21)31(42,32(33,34)35)20-38-13-9-24(10-14-38)44-28-6-3-22(16-30(40)41)15-29(28)43-2/h3-8,11-12,15,17,19,24,42H,9-10,13-14,16,18,20H2,2H3,(H,40,41). The number of carboxylic acids is 1. The summed E-state index contributed by atoms with van der Waals surface area (Å²) in [4.78, 5) is 20.1. The summed E-state index contributed by atoms with van der Waals surface area (Å²) in [6, 6.07) is 12.8. The zero-order valence-corrected chi connectivity index (χ0v) is 23.9. The van der Waals surface area contributed by atoms with Crippen LogP contribution in [0.4, 0.5) is 18.9 Å². The minimum atomic E-state index is -4.99. The van der Waals surface area contributed by atoms with Crippen LogP contribution in [0.2, 0.25) is 0 Å². The molecule has 0 radical (unpaired) electrons. The topological polar surface area (TPSA) is 101 Å². The highest BCUT2D eigenvalue weighted by Crippen LogP contribution is 2.44. The van der Waals surface area contributed by atoms with Gasteiger partial charge < -0.3 is 24.3 Å². The summed E-state index contributed by atoms with van der Waals surface area (Å²) < 4.78 is 57.5. The summed E-state index contributed by atoms with van der Waals surface area (Å²) in [5.41, 5.74) is -1.38. The predicted molar refractivity (Wildman–Crippen MR) is 156 cm³/mol. The minimum Gasteiger partial charge on any atom is -0.493 e. The van der Waals surface area contributed by atoms with Gasteiger partial charge >= 0.3 is 12.1 Å². The van der Waals surface area contributed by atoms with Crippen LogP contribution in [0.5, 0.6) is 11.5 Å². The smallest absolute Gasteiger partial charge is 0.422 e. The van der Waals surface area contributed by atoms with Crippen molar-refractivity contribution in [2.75, 3.05) is 26.7 Å². The Kier molecular flexibility index (Phi) is 8.80. The monoisotopic (exact) mass is 608 g/mol. The molecule has 2 N–H and O–H groups in total. The molecule has 44 heavy (non-hydrogen) atoms. The Bertz CT molecular complexity index is 1680. The second kappa shape index (κ2) is 12.6. The number of aliphatic carboxylic acids is 1. The molecule has 1 fully saturated rings. The number of piperidine rings is 1. The third-order valence-corrected chi connectivity index (χ3v) is 7.88. The van der Waals surface area contributed by atoms with Gasteiger partial charge in [0.2, 0.25) is 5.60 Å². The van der Waals surface area contributed by atoms with Crippen LogP contribution in [-0.4, -0.2) is 69.7 Å². The van der Waals surface area contributed by atoms with Gasteiger partial charge in [0.25, 0.3) is 0 Å². The van der Waals surface area contributed by atoms with Gasteiger partial charge in [0, 0.05) is 61.2 Å². The number of fused-ring (bicyclic) bond motifs is 1. The molecule has 0 saturated carbocycles. The quantitative estimate of drug-likeness (QED) is 0.227. The summed E-state index contributed by atoms with van der Waals surface area (Å²) in [6.45, 7) is 7.45. The molecular formula is C32H31F3N4O5. The molecule has 0 amide bonds. The number of carbonyl (C=O) groups is 1. The molecule has 1 aliphatic heterocycles. The number of rotatable bonds is 10. The van der Waals surface area contributed by atoms with Crippen molar-refractivity contribution in [1.29, 1.82) is 0 Å². The van der Waals surface area contributed by atoms with Crippen LogP contribution >= 0.6 is 0 Å². The van der Waals surface area contributed by atoms with Gasteiger partial charge in [-0.3, -0.25) is 14.7 Å². The second-order valence-electron chi connectivity index (χ2n) is 10.8. The number of aliphatic hydroxyl groups is 1. The Morgan fingerprint density at radius 2 is 1.80 bits per heavy atom. The molecule has 4 aromatic rings. The van der Waals surface area contributed by atoms with Crippen LogP contribution in [0.25, 0.3) is 15.7 Å². The van der Waals surface area contributed by atoms with E-state index in [4.69, 9.17) is 21.2 Å². The SMILES string of the molecule is [C-]#[N+]c1ccc2c(C(O)(CN3CCC(Oc4ccc(CC(=O)O)cc4OC)CC3)C(F)(F)F)cn(Cc3ccncc3)c2c1. The van der Waals surface area contributed by atoms with Gasteiger partial charge in [-0.1, -0.05) is 18.2 Å². The number of benzene rings is 2. The Balaban J connectivity index is 1.36. The van der Waals surface area contributed by atoms with Crippen LogP contribution < -0.4 is 9.47 Å². The molecule has 1 saturated heterocycles. The van der Waals surface area contributed by atoms with E-state index in [1.165, 1.54) is 31.5 Å². The van der Waals surface area contributed by atoms with Crippen molar-refractivity contribution in [3.8, 4) is 11.5 Å². The molecule has 1 aliphatic rings. The molecule has 1 atom stereocenters. The van der Waals surface area contributed by atoms with Crippen molar-refractivity contribution in [2.45, 2.75) is 43.7 Å². The number of hydrogen-bond acceptors (Lipinski definition) is 6. The molecule has 5 rings (SSSR count). The van der Waals surface area contributed by atoms with Crippen molar-refractivity contribution in [1.82, 2.24) is 14.5 Å². The zero-order valence-electron chi connectivity index (χ0n) is 23.9. The number of alkyl halides is 3. The molecule has 230 valence electrons. The maximum atomic E-state index is 14.8.